The van der Waals surface area contributed by atoms with Crippen molar-refractivity contribution in [1.82, 2.24) is 24.7 Å². The van der Waals surface area contributed by atoms with Crippen LogP contribution in [0.25, 0.3) is 21.6 Å². The van der Waals surface area contributed by atoms with E-state index in [2.05, 4.69) is 41.0 Å². The second-order valence-corrected chi connectivity index (χ2v) is 10.4. The second-order valence-electron chi connectivity index (χ2n) is 9.33. The molecular formula is C26H32N6OS. The monoisotopic (exact) mass is 476 g/mol. The third kappa shape index (κ3) is 4.51. The van der Waals surface area contributed by atoms with Gasteiger partial charge in [0.2, 0.25) is 5.95 Å². The van der Waals surface area contributed by atoms with Gasteiger partial charge in [-0.1, -0.05) is 56.5 Å². The number of rotatable bonds is 8. The van der Waals surface area contributed by atoms with Gasteiger partial charge in [0.1, 0.15) is 10.5 Å². The molecule has 1 aliphatic carbocycles. The van der Waals surface area contributed by atoms with Crippen molar-refractivity contribution in [2.45, 2.75) is 58.9 Å². The standard InChI is InChI=1S/C26H32N6OS/c1-4-10-20-22-23(31(3)30-20)24(33)29-26(28-22)32(15-18-11-8-9-12-18)16-21-17(2)27-25(34-21)19-13-6-5-7-14-19/h5-7,13-14,18H,4,8-12,15-16H2,1-3H3,(H,28,29,33). The number of aromatic nitrogens is 5. The highest BCUT2D eigenvalue weighted by atomic mass is 32.1. The van der Waals surface area contributed by atoms with E-state index in [1.54, 1.807) is 16.0 Å². The second kappa shape index (κ2) is 9.70. The number of hydrogen-bond acceptors (Lipinski definition) is 6. The minimum absolute atomic E-state index is 0.125. The summed E-state index contributed by atoms with van der Waals surface area (Å²) in [5.41, 5.74) is 4.22. The zero-order valence-electron chi connectivity index (χ0n) is 20.2. The fourth-order valence-electron chi connectivity index (χ4n) is 4.97. The van der Waals surface area contributed by atoms with Gasteiger partial charge in [0, 0.05) is 24.0 Å². The first kappa shape index (κ1) is 22.8. The first-order chi connectivity index (χ1) is 16.5. The van der Waals surface area contributed by atoms with E-state index in [1.165, 1.54) is 30.6 Å². The van der Waals surface area contributed by atoms with Gasteiger partial charge in [0.05, 0.1) is 17.9 Å². The Bertz CT molecular complexity index is 1330. The predicted molar refractivity (Wildman–Crippen MR) is 138 cm³/mol. The van der Waals surface area contributed by atoms with E-state index in [9.17, 15) is 4.79 Å². The van der Waals surface area contributed by atoms with Crippen molar-refractivity contribution in [3.8, 4) is 10.6 Å². The summed E-state index contributed by atoms with van der Waals surface area (Å²) in [6.45, 7) is 5.77. The van der Waals surface area contributed by atoms with E-state index in [0.29, 0.717) is 23.9 Å². The highest BCUT2D eigenvalue weighted by Crippen LogP contribution is 2.32. The molecule has 1 fully saturated rings. The van der Waals surface area contributed by atoms with Gasteiger partial charge in [-0.25, -0.2) is 9.97 Å². The lowest BCUT2D eigenvalue weighted by Gasteiger charge is -2.26. The minimum atomic E-state index is -0.125. The summed E-state index contributed by atoms with van der Waals surface area (Å²) < 4.78 is 1.66. The molecule has 1 aliphatic rings. The van der Waals surface area contributed by atoms with Crippen LogP contribution in [0.2, 0.25) is 0 Å². The third-order valence-corrected chi connectivity index (χ3v) is 7.93. The third-order valence-electron chi connectivity index (χ3n) is 6.74. The Labute approximate surface area is 203 Å². The highest BCUT2D eigenvalue weighted by molar-refractivity contribution is 7.15. The normalized spacial score (nSPS) is 14.3. The van der Waals surface area contributed by atoms with E-state index in [4.69, 9.17) is 9.97 Å². The average molecular weight is 477 g/mol. The van der Waals surface area contributed by atoms with Gasteiger partial charge in [-0.05, 0) is 32.1 Å². The zero-order chi connectivity index (χ0) is 23.7. The zero-order valence-corrected chi connectivity index (χ0v) is 21.0. The summed E-state index contributed by atoms with van der Waals surface area (Å²) in [6, 6.07) is 10.3. The molecule has 0 spiro atoms. The summed E-state index contributed by atoms with van der Waals surface area (Å²) in [7, 11) is 1.82. The van der Waals surface area contributed by atoms with Crippen LogP contribution in [0.15, 0.2) is 35.1 Å². The van der Waals surface area contributed by atoms with Crippen molar-refractivity contribution in [2.24, 2.45) is 13.0 Å². The molecule has 5 rings (SSSR count). The fraction of sp³-hybridized carbons (Fsp3) is 0.462. The molecule has 3 aromatic heterocycles. The van der Waals surface area contributed by atoms with E-state index >= 15 is 0 Å². The van der Waals surface area contributed by atoms with Gasteiger partial charge in [0.15, 0.2) is 5.52 Å². The molecule has 0 unspecified atom stereocenters. The summed E-state index contributed by atoms with van der Waals surface area (Å²) in [6.07, 6.45) is 6.79. The Hall–Kier alpha value is -3.00. The highest BCUT2D eigenvalue weighted by Gasteiger charge is 2.24. The molecule has 0 radical (unpaired) electrons. The van der Waals surface area contributed by atoms with Crippen molar-refractivity contribution in [3.63, 3.8) is 0 Å². The Morgan fingerprint density at radius 1 is 1.18 bits per heavy atom. The SMILES string of the molecule is CCCc1nn(C)c2c(=O)[nH]c(N(Cc3sc(-c4ccccc4)nc3C)CC3CCCC3)nc12. The molecule has 0 bridgehead atoms. The van der Waals surface area contributed by atoms with Gasteiger partial charge in [-0.2, -0.15) is 5.10 Å². The summed E-state index contributed by atoms with van der Waals surface area (Å²) in [5.74, 6) is 1.26. The maximum Gasteiger partial charge on any atom is 0.278 e. The Balaban J connectivity index is 1.53. The van der Waals surface area contributed by atoms with Gasteiger partial charge in [-0.15, -0.1) is 11.3 Å². The Kier molecular flexibility index (Phi) is 6.50. The van der Waals surface area contributed by atoms with Crippen LogP contribution in [0.1, 0.15) is 55.3 Å². The molecule has 0 amide bonds. The molecule has 34 heavy (non-hydrogen) atoms. The molecule has 178 valence electrons. The van der Waals surface area contributed by atoms with Crippen molar-refractivity contribution < 1.29 is 0 Å². The van der Waals surface area contributed by atoms with Crippen molar-refractivity contribution in [2.75, 3.05) is 11.4 Å². The van der Waals surface area contributed by atoms with Crippen LogP contribution in [-0.2, 0) is 20.0 Å². The summed E-state index contributed by atoms with van der Waals surface area (Å²) in [5, 5.41) is 5.62. The first-order valence-corrected chi connectivity index (χ1v) is 13.1. The van der Waals surface area contributed by atoms with Crippen molar-refractivity contribution >= 4 is 28.3 Å². The number of thiazole rings is 1. The van der Waals surface area contributed by atoms with Crippen LogP contribution in [0.3, 0.4) is 0 Å². The first-order valence-electron chi connectivity index (χ1n) is 12.3. The van der Waals surface area contributed by atoms with Crippen LogP contribution >= 0.6 is 11.3 Å². The van der Waals surface area contributed by atoms with Crippen LogP contribution in [0.4, 0.5) is 5.95 Å². The summed E-state index contributed by atoms with van der Waals surface area (Å²) >= 11 is 1.73. The van der Waals surface area contributed by atoms with Crippen LogP contribution < -0.4 is 10.5 Å². The minimum Gasteiger partial charge on any atom is -0.337 e. The predicted octanol–water partition coefficient (Wildman–Crippen LogP) is 5.24. The molecule has 3 heterocycles. The maximum absolute atomic E-state index is 13.1. The molecule has 0 saturated heterocycles. The molecule has 8 heteroatoms. The summed E-state index contributed by atoms with van der Waals surface area (Å²) in [4.78, 5) is 29.5. The molecule has 0 atom stereocenters. The number of aromatic amines is 1. The molecule has 1 N–H and O–H groups in total. The van der Waals surface area contributed by atoms with Gasteiger partial charge in [-0.3, -0.25) is 14.5 Å². The van der Waals surface area contributed by atoms with E-state index in [-0.39, 0.29) is 5.56 Å². The van der Waals surface area contributed by atoms with E-state index in [1.807, 2.05) is 25.2 Å². The van der Waals surface area contributed by atoms with Crippen LogP contribution in [0.5, 0.6) is 0 Å². The number of fused-ring (bicyclic) bond motifs is 1. The Morgan fingerprint density at radius 2 is 1.94 bits per heavy atom. The van der Waals surface area contributed by atoms with Crippen LogP contribution in [0, 0.1) is 12.8 Å². The smallest absolute Gasteiger partial charge is 0.278 e. The number of nitrogens with one attached hydrogen (secondary N) is 1. The number of H-pyrrole nitrogens is 1. The molecule has 7 nitrogen and oxygen atoms in total. The largest absolute Gasteiger partial charge is 0.337 e. The molecule has 4 aromatic rings. The van der Waals surface area contributed by atoms with Crippen LogP contribution in [-0.4, -0.2) is 31.3 Å². The van der Waals surface area contributed by atoms with E-state index in [0.717, 1.165) is 46.9 Å². The van der Waals surface area contributed by atoms with Gasteiger partial charge >= 0.3 is 0 Å². The number of anilines is 1. The number of hydrogen-bond donors (Lipinski definition) is 1. The fourth-order valence-corrected chi connectivity index (χ4v) is 6.06. The number of nitrogens with zero attached hydrogens (tertiary/aromatic N) is 5. The maximum atomic E-state index is 13.1. The molecule has 1 aromatic carbocycles. The molecule has 1 saturated carbocycles. The van der Waals surface area contributed by atoms with Crippen molar-refractivity contribution in [1.29, 1.82) is 0 Å². The molecule has 0 aliphatic heterocycles. The quantitative estimate of drug-likeness (QED) is 0.376. The topological polar surface area (TPSA) is 79.7 Å². The lowest BCUT2D eigenvalue weighted by molar-refractivity contribution is 0.525. The Morgan fingerprint density at radius 3 is 2.68 bits per heavy atom. The number of benzene rings is 1. The van der Waals surface area contributed by atoms with E-state index < -0.39 is 0 Å². The van der Waals surface area contributed by atoms with Crippen molar-refractivity contribution in [3.05, 3.63) is 57.0 Å². The lowest BCUT2D eigenvalue weighted by atomic mass is 10.1. The van der Waals surface area contributed by atoms with Gasteiger partial charge < -0.3 is 4.90 Å². The average Bonchev–Trinajstić information content (AvgIpc) is 3.55. The number of aryl methyl sites for hydroxylation is 3. The van der Waals surface area contributed by atoms with Gasteiger partial charge in [0.25, 0.3) is 5.56 Å². The molecular weight excluding hydrogens is 444 g/mol. The lowest BCUT2D eigenvalue weighted by Crippen LogP contribution is -2.31.